The number of carbonyl (C=O) groups is 5. The molecular formula is C51H66Cl2N6O12. The third kappa shape index (κ3) is 13.0. The number of amides is 3. The van der Waals surface area contributed by atoms with Crippen LogP contribution in [0.25, 0.3) is 17.5 Å². The second-order valence-corrected chi connectivity index (χ2v) is 20.2. The average Bonchev–Trinajstić information content (AvgIpc) is 3.65. The quantitative estimate of drug-likeness (QED) is 0.105. The second-order valence-electron chi connectivity index (χ2n) is 19.4. The van der Waals surface area contributed by atoms with Crippen LogP contribution in [0.2, 0.25) is 10.0 Å². The molecule has 0 spiro atoms. The summed E-state index contributed by atoms with van der Waals surface area (Å²) in [5.74, 6) is -4.79. The highest BCUT2D eigenvalue weighted by atomic mass is 35.5. The number of ketones is 1. The fourth-order valence-electron chi connectivity index (χ4n) is 10.1. The van der Waals surface area contributed by atoms with Crippen LogP contribution in [0, 0.1) is 23.7 Å². The molecule has 3 amide bonds. The van der Waals surface area contributed by atoms with Crippen molar-refractivity contribution in [3.8, 4) is 11.4 Å². The van der Waals surface area contributed by atoms with Crippen molar-refractivity contribution >= 4 is 65.0 Å². The first-order chi connectivity index (χ1) is 33.5. The van der Waals surface area contributed by atoms with Crippen molar-refractivity contribution < 1.29 is 57.5 Å². The smallest absolute Gasteiger partial charge is 0.411 e. The molecule has 6 rings (SSSR count). The Morgan fingerprint density at radius 2 is 1.66 bits per heavy atom. The van der Waals surface area contributed by atoms with Gasteiger partial charge in [0, 0.05) is 54.0 Å². The molecular weight excluding hydrogens is 959 g/mol. The van der Waals surface area contributed by atoms with Gasteiger partial charge in [0.05, 0.1) is 28.1 Å². The molecule has 386 valence electrons. The number of halogens is 2. The molecule has 3 fully saturated rings. The van der Waals surface area contributed by atoms with E-state index in [0.717, 1.165) is 11.1 Å². The molecule has 1 aromatic heterocycles. The lowest BCUT2D eigenvalue weighted by atomic mass is 9.73. The summed E-state index contributed by atoms with van der Waals surface area (Å²) in [6, 6.07) is 12.3. The van der Waals surface area contributed by atoms with Crippen LogP contribution < -0.4 is 16.0 Å². The van der Waals surface area contributed by atoms with Crippen LogP contribution in [0.4, 0.5) is 20.1 Å². The van der Waals surface area contributed by atoms with Gasteiger partial charge in [-0.15, -0.1) is 0 Å². The minimum absolute atomic E-state index is 0.0135. The number of esters is 1. The van der Waals surface area contributed by atoms with Crippen LogP contribution in [0.15, 0.2) is 67.0 Å². The number of alkyl carbamates (subject to hydrolysis) is 2. The predicted octanol–water partition coefficient (Wildman–Crippen LogP) is 8.08. The van der Waals surface area contributed by atoms with Gasteiger partial charge in [0.2, 0.25) is 0 Å². The van der Waals surface area contributed by atoms with E-state index in [1.807, 2.05) is 56.3 Å². The molecule has 0 unspecified atom stereocenters. The second kappa shape index (κ2) is 23.5. The summed E-state index contributed by atoms with van der Waals surface area (Å²) < 4.78 is 37.9. The number of hydrogen-bond acceptors (Lipinski definition) is 15. The first-order valence-electron chi connectivity index (χ1n) is 23.9. The van der Waals surface area contributed by atoms with E-state index in [-0.39, 0.29) is 40.9 Å². The van der Waals surface area contributed by atoms with Gasteiger partial charge in [0.1, 0.15) is 35.8 Å². The van der Waals surface area contributed by atoms with E-state index in [1.54, 1.807) is 66.1 Å². The van der Waals surface area contributed by atoms with Gasteiger partial charge in [-0.05, 0) is 90.9 Å². The molecule has 71 heavy (non-hydrogen) atoms. The Morgan fingerprint density at radius 3 is 2.31 bits per heavy atom. The molecule has 0 aliphatic carbocycles. The Labute approximate surface area is 424 Å². The lowest BCUT2D eigenvalue weighted by Gasteiger charge is -2.48. The first-order valence-corrected chi connectivity index (χ1v) is 24.6. The monoisotopic (exact) mass is 1020 g/mol. The fourth-order valence-corrected chi connectivity index (χ4v) is 10.4. The number of ether oxygens (including phenoxy) is 6. The third-order valence-corrected chi connectivity index (χ3v) is 14.5. The molecule has 3 aromatic rings. The minimum Gasteiger partial charge on any atom is -0.458 e. The Kier molecular flexibility index (Phi) is 18.2. The number of aliphatic hydroxyl groups excluding tert-OH is 1. The molecule has 3 aliphatic heterocycles. The number of cyclic esters (lactones) is 1. The zero-order valence-electron chi connectivity index (χ0n) is 41.7. The number of aliphatic hydroxyl groups is 1. The number of anilines is 1. The molecule has 2 aromatic carbocycles. The number of hydrogen-bond donors (Lipinski definition) is 4. The lowest BCUT2D eigenvalue weighted by molar-refractivity contribution is -0.298. The van der Waals surface area contributed by atoms with Crippen LogP contribution >= 0.6 is 23.2 Å². The maximum atomic E-state index is 14.8. The van der Waals surface area contributed by atoms with Crippen molar-refractivity contribution in [2.45, 2.75) is 135 Å². The topological polar surface area (TPSA) is 226 Å². The van der Waals surface area contributed by atoms with Crippen molar-refractivity contribution in [1.82, 2.24) is 25.5 Å². The summed E-state index contributed by atoms with van der Waals surface area (Å²) in [6.45, 7) is 13.3. The molecule has 3 aliphatic rings. The molecule has 20 heteroatoms. The Hall–Kier alpha value is -5.37. The Balaban J connectivity index is 1.41. The SMILES string of the molecule is CC[C@H]1OC(=O)[C@H](C)[C@@H](OC(=O)Nc2ccc(Cl)c(Cl)c2)[C@H](C)[C@@H](O[C@@H]2O[C@H](C)C[C@H](N(C)C)[C@H]2O)[C@](C)(OC(=O)NCC=Cc2ccc(-c3ncccn3)cc2)C[C@@H](C)C(=O)[C@H](C)[C@H]2NC(=O)O[C@@]21C. The molecule has 14 atom stereocenters. The zero-order chi connectivity index (χ0) is 51.9. The zero-order valence-corrected chi connectivity index (χ0v) is 43.2. The van der Waals surface area contributed by atoms with Gasteiger partial charge >= 0.3 is 24.2 Å². The van der Waals surface area contributed by atoms with E-state index in [2.05, 4.69) is 25.9 Å². The van der Waals surface area contributed by atoms with Crippen molar-refractivity contribution in [2.24, 2.45) is 23.7 Å². The van der Waals surface area contributed by atoms with Gasteiger partial charge < -0.3 is 49.1 Å². The summed E-state index contributed by atoms with van der Waals surface area (Å²) >= 11 is 12.4. The number of benzene rings is 2. The minimum atomic E-state index is -1.82. The van der Waals surface area contributed by atoms with Crippen molar-refractivity contribution in [3.63, 3.8) is 0 Å². The summed E-state index contributed by atoms with van der Waals surface area (Å²) in [7, 11) is 3.64. The molecule has 18 nitrogen and oxygen atoms in total. The van der Waals surface area contributed by atoms with Crippen LogP contribution in [0.3, 0.4) is 0 Å². The number of likely N-dealkylation sites (N-methyl/N-ethyl adjacent to an activating group) is 1. The van der Waals surface area contributed by atoms with Gasteiger partial charge in [0.15, 0.2) is 17.7 Å². The molecule has 4 N–H and O–H groups in total. The van der Waals surface area contributed by atoms with E-state index in [4.69, 9.17) is 51.6 Å². The van der Waals surface area contributed by atoms with Crippen molar-refractivity contribution in [3.05, 3.63) is 82.6 Å². The number of rotatable bonds is 11. The fraction of sp³-hybridized carbons (Fsp3) is 0.549. The standard InChI is InChI=1S/C51H66Cl2N6O12/c1-11-38-51(8)42(58-49(65)71-51)29(4)39(60)27(2)26-50(7,70-47(63)56-21-12-14-32-15-17-33(18-16-32)44-54-22-13-23-55-44)43(69-46-40(61)37(59(9)10)24-28(3)66-46)30(5)41(31(6)45(62)67-38)68-48(64)57-34-19-20-35(52)36(53)25-34/h12-20,22-23,25,27-31,37-38,40-43,46,61H,11,21,24,26H2,1-10H3,(H,56,63)(H,57,64)(H,58,65)/t27-,28-,29+,30+,31-,37+,38-,40-,41+,42-,43-,46+,50-,51-/m1/s1. The van der Waals surface area contributed by atoms with Crippen LogP contribution in [-0.4, -0.2) is 131 Å². The highest BCUT2D eigenvalue weighted by Gasteiger charge is 2.58. The van der Waals surface area contributed by atoms with Crippen LogP contribution in [-0.2, 0) is 38.0 Å². The van der Waals surface area contributed by atoms with Crippen LogP contribution in [0.5, 0.6) is 0 Å². The normalized spacial score (nSPS) is 32.7. The van der Waals surface area contributed by atoms with E-state index < -0.39 is 108 Å². The van der Waals surface area contributed by atoms with Crippen molar-refractivity contribution in [2.75, 3.05) is 26.0 Å². The summed E-state index contributed by atoms with van der Waals surface area (Å²) in [5, 5.41) is 20.5. The maximum Gasteiger partial charge on any atom is 0.411 e. The van der Waals surface area contributed by atoms with E-state index >= 15 is 0 Å². The lowest BCUT2D eigenvalue weighted by Crippen LogP contribution is -2.61. The number of nitrogens with zero attached hydrogens (tertiary/aromatic N) is 3. The van der Waals surface area contributed by atoms with Gasteiger partial charge in [-0.1, -0.05) is 87.3 Å². The summed E-state index contributed by atoms with van der Waals surface area (Å²) in [5.41, 5.74) is -1.44. The summed E-state index contributed by atoms with van der Waals surface area (Å²) in [4.78, 5) is 81.1. The highest BCUT2D eigenvalue weighted by Crippen LogP contribution is 2.42. The number of carbonyl (C=O) groups excluding carboxylic acids is 5. The van der Waals surface area contributed by atoms with Gasteiger partial charge in [-0.3, -0.25) is 14.9 Å². The highest BCUT2D eigenvalue weighted by molar-refractivity contribution is 6.42. The number of fused-ring (bicyclic) bond motifs is 1. The van der Waals surface area contributed by atoms with Crippen LogP contribution in [0.1, 0.15) is 80.2 Å². The average molecular weight is 1030 g/mol. The molecule has 3 saturated heterocycles. The maximum absolute atomic E-state index is 14.8. The van der Waals surface area contributed by atoms with E-state index in [1.165, 1.54) is 25.1 Å². The number of aromatic nitrogens is 2. The van der Waals surface area contributed by atoms with E-state index in [9.17, 15) is 29.1 Å². The molecule has 0 radical (unpaired) electrons. The van der Waals surface area contributed by atoms with Gasteiger partial charge in [-0.2, -0.15) is 0 Å². The molecule has 0 bridgehead atoms. The Morgan fingerprint density at radius 1 is 0.972 bits per heavy atom. The third-order valence-electron chi connectivity index (χ3n) is 13.8. The number of Topliss-reactive ketones (excluding diaryl/α,β-unsaturated/α-hetero) is 1. The predicted molar refractivity (Wildman–Crippen MR) is 265 cm³/mol. The first kappa shape index (κ1) is 55.0. The number of nitrogens with one attached hydrogen (secondary N) is 3. The van der Waals surface area contributed by atoms with Gasteiger partial charge in [0.25, 0.3) is 0 Å². The molecule has 0 saturated carbocycles. The van der Waals surface area contributed by atoms with Crippen molar-refractivity contribution in [1.29, 1.82) is 0 Å². The van der Waals surface area contributed by atoms with E-state index in [0.29, 0.717) is 12.2 Å². The van der Waals surface area contributed by atoms with Gasteiger partial charge in [-0.25, -0.2) is 24.4 Å². The summed E-state index contributed by atoms with van der Waals surface area (Å²) in [6.07, 6.45) is -2.30. The molecule has 4 heterocycles. The Bertz CT molecular complexity index is 2400. The largest absolute Gasteiger partial charge is 0.458 e.